The van der Waals surface area contributed by atoms with Crippen molar-refractivity contribution in [2.45, 2.75) is 0 Å². The molecule has 0 fully saturated rings. The van der Waals surface area contributed by atoms with E-state index >= 15 is 0 Å². The smallest absolute Gasteiger partial charge is 0.113 e. The van der Waals surface area contributed by atoms with E-state index in [1.165, 1.54) is 0 Å². The van der Waals surface area contributed by atoms with E-state index in [-0.39, 0.29) is 0 Å². The zero-order chi connectivity index (χ0) is 15.4. The predicted octanol–water partition coefficient (Wildman–Crippen LogP) is 5.59. The molecule has 2 heterocycles. The van der Waals surface area contributed by atoms with Gasteiger partial charge in [0.25, 0.3) is 0 Å². The Morgan fingerprint density at radius 2 is 1.45 bits per heavy atom. The number of pyridine rings is 2. The molecule has 0 bridgehead atoms. The van der Waals surface area contributed by atoms with E-state index < -0.39 is 0 Å². The third kappa shape index (κ3) is 3.34. The van der Waals surface area contributed by atoms with Crippen LogP contribution in [0.4, 0.5) is 0 Å². The highest BCUT2D eigenvalue weighted by molar-refractivity contribution is 9.10. The largest absolute Gasteiger partial charge is 0.249 e. The Morgan fingerprint density at radius 1 is 0.773 bits per heavy atom. The Labute approximate surface area is 146 Å². The molecule has 1 aromatic carbocycles. The van der Waals surface area contributed by atoms with Gasteiger partial charge in [-0.2, -0.15) is 0 Å². The standard InChI is InChI=1S/C18H12Br2N2/c19-17-14(8-4-10-21-17)12-16(13-6-2-1-3-7-13)15-9-5-11-22-18(15)20/h1-12H/b16-12-. The zero-order valence-corrected chi connectivity index (χ0v) is 14.8. The molecule has 0 radical (unpaired) electrons. The molecule has 0 unspecified atom stereocenters. The average molecular weight is 416 g/mol. The molecule has 0 aliphatic carbocycles. The van der Waals surface area contributed by atoms with Gasteiger partial charge in [0.1, 0.15) is 9.21 Å². The lowest BCUT2D eigenvalue weighted by molar-refractivity contribution is 1.25. The summed E-state index contributed by atoms with van der Waals surface area (Å²) in [5, 5.41) is 0. The molecule has 3 aromatic rings. The van der Waals surface area contributed by atoms with Crippen LogP contribution in [0.15, 0.2) is 76.2 Å². The van der Waals surface area contributed by atoms with Crippen LogP contribution in [-0.4, -0.2) is 9.97 Å². The second kappa shape index (κ2) is 6.99. The van der Waals surface area contributed by atoms with Gasteiger partial charge >= 0.3 is 0 Å². The summed E-state index contributed by atoms with van der Waals surface area (Å²) in [7, 11) is 0. The Bertz CT molecular complexity index is 814. The first-order chi connectivity index (χ1) is 10.8. The van der Waals surface area contributed by atoms with Crippen LogP contribution in [0.2, 0.25) is 0 Å². The number of rotatable bonds is 3. The molecule has 108 valence electrons. The maximum Gasteiger partial charge on any atom is 0.113 e. The lowest BCUT2D eigenvalue weighted by Crippen LogP contribution is -1.92. The lowest BCUT2D eigenvalue weighted by atomic mass is 9.97. The molecule has 0 amide bonds. The van der Waals surface area contributed by atoms with Crippen molar-refractivity contribution in [3.8, 4) is 0 Å². The highest BCUT2D eigenvalue weighted by Gasteiger charge is 2.10. The van der Waals surface area contributed by atoms with Gasteiger partial charge in [-0.25, -0.2) is 9.97 Å². The van der Waals surface area contributed by atoms with Crippen LogP contribution in [0.25, 0.3) is 11.6 Å². The van der Waals surface area contributed by atoms with Gasteiger partial charge in [-0.1, -0.05) is 42.5 Å². The number of halogens is 2. The number of benzene rings is 1. The van der Waals surface area contributed by atoms with Crippen LogP contribution in [0.3, 0.4) is 0 Å². The molecule has 0 aliphatic rings. The van der Waals surface area contributed by atoms with Crippen LogP contribution in [-0.2, 0) is 0 Å². The first kappa shape index (κ1) is 15.1. The van der Waals surface area contributed by atoms with E-state index in [1.54, 1.807) is 12.4 Å². The molecular weight excluding hydrogens is 404 g/mol. The molecule has 2 nitrogen and oxygen atoms in total. The van der Waals surface area contributed by atoms with Crippen LogP contribution in [0.5, 0.6) is 0 Å². The van der Waals surface area contributed by atoms with Crippen LogP contribution in [0, 0.1) is 0 Å². The molecule has 0 saturated carbocycles. The second-order valence-corrected chi connectivity index (χ2v) is 6.15. The zero-order valence-electron chi connectivity index (χ0n) is 11.6. The van der Waals surface area contributed by atoms with Crippen LogP contribution < -0.4 is 0 Å². The summed E-state index contributed by atoms with van der Waals surface area (Å²) < 4.78 is 1.65. The van der Waals surface area contributed by atoms with E-state index in [4.69, 9.17) is 0 Å². The maximum absolute atomic E-state index is 4.34. The molecule has 0 aliphatic heterocycles. The van der Waals surface area contributed by atoms with Gasteiger partial charge < -0.3 is 0 Å². The van der Waals surface area contributed by atoms with Crippen molar-refractivity contribution in [1.82, 2.24) is 9.97 Å². The summed E-state index contributed by atoms with van der Waals surface area (Å²) in [4.78, 5) is 8.62. The van der Waals surface area contributed by atoms with Gasteiger partial charge in [0.2, 0.25) is 0 Å². The Hall–Kier alpha value is -1.78. The molecule has 0 spiro atoms. The van der Waals surface area contributed by atoms with Gasteiger partial charge in [-0.15, -0.1) is 0 Å². The third-order valence-electron chi connectivity index (χ3n) is 3.22. The molecule has 0 N–H and O–H groups in total. The Morgan fingerprint density at radius 3 is 2.14 bits per heavy atom. The summed E-state index contributed by atoms with van der Waals surface area (Å²) >= 11 is 7.05. The third-order valence-corrected chi connectivity index (χ3v) is 4.52. The summed E-state index contributed by atoms with van der Waals surface area (Å²) in [5.41, 5.74) is 4.29. The molecule has 3 rings (SSSR count). The molecule has 22 heavy (non-hydrogen) atoms. The minimum absolute atomic E-state index is 0.823. The highest BCUT2D eigenvalue weighted by atomic mass is 79.9. The molecule has 0 atom stereocenters. The van der Waals surface area contributed by atoms with Crippen molar-refractivity contribution in [2.24, 2.45) is 0 Å². The summed E-state index contributed by atoms with van der Waals surface area (Å²) in [5.74, 6) is 0. The fourth-order valence-corrected chi connectivity index (χ4v) is 3.01. The van der Waals surface area contributed by atoms with Crippen molar-refractivity contribution in [1.29, 1.82) is 0 Å². The summed E-state index contributed by atoms with van der Waals surface area (Å²) in [6.07, 6.45) is 5.66. The predicted molar refractivity (Wildman–Crippen MR) is 97.3 cm³/mol. The van der Waals surface area contributed by atoms with Gasteiger partial charge in [0.15, 0.2) is 0 Å². The fraction of sp³-hybridized carbons (Fsp3) is 0. The first-order valence-electron chi connectivity index (χ1n) is 6.74. The SMILES string of the molecule is Brc1ncccc1/C=C(/c1ccccc1)c1cccnc1Br. The van der Waals surface area contributed by atoms with E-state index in [1.807, 2.05) is 36.4 Å². The maximum atomic E-state index is 4.34. The normalized spacial score (nSPS) is 11.5. The van der Waals surface area contributed by atoms with Crippen molar-refractivity contribution < 1.29 is 0 Å². The number of aromatic nitrogens is 2. The van der Waals surface area contributed by atoms with Crippen LogP contribution >= 0.6 is 31.9 Å². The minimum Gasteiger partial charge on any atom is -0.249 e. The molecular formula is C18H12Br2N2. The van der Waals surface area contributed by atoms with Gasteiger partial charge in [-0.05, 0) is 61.2 Å². The van der Waals surface area contributed by atoms with E-state index in [2.05, 4.69) is 66.1 Å². The molecule has 0 saturated heterocycles. The minimum atomic E-state index is 0.823. The van der Waals surface area contributed by atoms with Crippen molar-refractivity contribution in [2.75, 3.05) is 0 Å². The van der Waals surface area contributed by atoms with E-state index in [9.17, 15) is 0 Å². The fourth-order valence-electron chi connectivity index (χ4n) is 2.18. The number of hydrogen-bond donors (Lipinski definition) is 0. The Balaban J connectivity index is 2.21. The van der Waals surface area contributed by atoms with Gasteiger partial charge in [0.05, 0.1) is 0 Å². The second-order valence-electron chi connectivity index (χ2n) is 4.65. The molecule has 4 heteroatoms. The van der Waals surface area contributed by atoms with Crippen molar-refractivity contribution in [3.05, 3.63) is 92.9 Å². The summed E-state index contributed by atoms with van der Waals surface area (Å²) in [6, 6.07) is 18.2. The van der Waals surface area contributed by atoms with Gasteiger partial charge in [0, 0.05) is 23.5 Å². The number of nitrogens with zero attached hydrogens (tertiary/aromatic N) is 2. The average Bonchev–Trinajstić information content (AvgIpc) is 2.56. The first-order valence-corrected chi connectivity index (χ1v) is 8.33. The lowest BCUT2D eigenvalue weighted by Gasteiger charge is -2.10. The van der Waals surface area contributed by atoms with E-state index in [0.29, 0.717) is 0 Å². The van der Waals surface area contributed by atoms with Crippen molar-refractivity contribution in [3.63, 3.8) is 0 Å². The topological polar surface area (TPSA) is 25.8 Å². The highest BCUT2D eigenvalue weighted by Crippen LogP contribution is 2.31. The molecule has 2 aromatic heterocycles. The van der Waals surface area contributed by atoms with Gasteiger partial charge in [-0.3, -0.25) is 0 Å². The number of hydrogen-bond acceptors (Lipinski definition) is 2. The van der Waals surface area contributed by atoms with Crippen LogP contribution in [0.1, 0.15) is 16.7 Å². The monoisotopic (exact) mass is 414 g/mol. The van der Waals surface area contributed by atoms with E-state index in [0.717, 1.165) is 31.5 Å². The summed E-state index contributed by atoms with van der Waals surface area (Å²) in [6.45, 7) is 0. The van der Waals surface area contributed by atoms with Crippen molar-refractivity contribution >= 4 is 43.5 Å². The quantitative estimate of drug-likeness (QED) is 0.521. The Kier molecular flexibility index (Phi) is 4.80.